The van der Waals surface area contributed by atoms with Gasteiger partial charge < -0.3 is 9.47 Å². The summed E-state index contributed by atoms with van der Waals surface area (Å²) < 4.78 is 10.0. The summed E-state index contributed by atoms with van der Waals surface area (Å²) >= 11 is 0. The molecule has 1 amide bonds. The summed E-state index contributed by atoms with van der Waals surface area (Å²) in [4.78, 5) is 24.1. The summed E-state index contributed by atoms with van der Waals surface area (Å²) in [5.41, 5.74) is -0.534. The molecule has 0 unspecified atom stereocenters. The highest BCUT2D eigenvalue weighted by atomic mass is 16.6. The third-order valence-corrected chi connectivity index (χ3v) is 2.03. The number of amides is 1. The maximum absolute atomic E-state index is 11.6. The van der Waals surface area contributed by atoms with Crippen molar-refractivity contribution in [2.75, 3.05) is 20.3 Å². The van der Waals surface area contributed by atoms with E-state index in [0.29, 0.717) is 0 Å². The second-order valence-corrected chi connectivity index (χ2v) is 4.55. The molecule has 0 aromatic heterocycles. The highest BCUT2D eigenvalue weighted by Gasteiger charge is 2.42. The first-order valence-corrected chi connectivity index (χ1v) is 4.86. The lowest BCUT2D eigenvalue weighted by molar-refractivity contribution is -0.138. The van der Waals surface area contributed by atoms with Crippen LogP contribution >= 0.6 is 0 Å². The number of carbonyl (C=O) groups is 2. The fourth-order valence-corrected chi connectivity index (χ4v) is 1.30. The van der Waals surface area contributed by atoms with E-state index < -0.39 is 17.7 Å². The van der Waals surface area contributed by atoms with Crippen LogP contribution in [0.2, 0.25) is 0 Å². The number of hydrogen-bond donors (Lipinski definition) is 0. The van der Waals surface area contributed by atoms with E-state index >= 15 is 0 Å². The molecule has 1 rings (SSSR count). The van der Waals surface area contributed by atoms with E-state index in [1.54, 1.807) is 20.8 Å². The number of likely N-dealkylation sites (tertiary alicyclic amines) is 1. The summed E-state index contributed by atoms with van der Waals surface area (Å²) in [6.07, 6.45) is -0.454. The van der Waals surface area contributed by atoms with Gasteiger partial charge in [0.1, 0.15) is 11.6 Å². The molecule has 1 aliphatic rings. The van der Waals surface area contributed by atoms with Crippen molar-refractivity contribution in [3.8, 4) is 0 Å². The Morgan fingerprint density at radius 3 is 2.53 bits per heavy atom. The minimum absolute atomic E-state index is 0.0164. The Hall–Kier alpha value is -1.10. The Balaban J connectivity index is 2.51. The number of ether oxygens (including phenoxy) is 2. The minimum Gasteiger partial charge on any atom is -0.444 e. The maximum atomic E-state index is 11.6. The van der Waals surface area contributed by atoms with E-state index in [4.69, 9.17) is 9.47 Å². The first-order chi connectivity index (χ1) is 6.85. The standard InChI is InChI=1S/C10H17NO4/c1-10(2,3)15-9(13)11-5-8(12)7(11)6-14-4/h7H,5-6H2,1-4H3/t7-/m1/s1. The molecule has 1 atom stereocenters. The van der Waals surface area contributed by atoms with Crippen molar-refractivity contribution in [1.82, 2.24) is 4.90 Å². The molecule has 5 nitrogen and oxygen atoms in total. The Labute approximate surface area is 89.3 Å². The van der Waals surface area contributed by atoms with E-state index in [1.165, 1.54) is 12.0 Å². The van der Waals surface area contributed by atoms with Gasteiger partial charge in [-0.3, -0.25) is 9.69 Å². The topological polar surface area (TPSA) is 55.8 Å². The molecule has 0 aliphatic carbocycles. The average molecular weight is 215 g/mol. The quantitative estimate of drug-likeness (QED) is 0.684. The van der Waals surface area contributed by atoms with Crippen LogP contribution in [0.3, 0.4) is 0 Å². The molecule has 0 aromatic rings. The van der Waals surface area contributed by atoms with Gasteiger partial charge >= 0.3 is 6.09 Å². The molecule has 0 radical (unpaired) electrons. The Bertz CT molecular complexity index is 269. The lowest BCUT2D eigenvalue weighted by Crippen LogP contribution is -2.62. The van der Waals surface area contributed by atoms with Crippen molar-refractivity contribution >= 4 is 11.9 Å². The SMILES string of the molecule is COC[C@@H]1C(=O)CN1C(=O)OC(C)(C)C. The van der Waals surface area contributed by atoms with Crippen molar-refractivity contribution in [2.24, 2.45) is 0 Å². The fraction of sp³-hybridized carbons (Fsp3) is 0.800. The van der Waals surface area contributed by atoms with Crippen molar-refractivity contribution in [1.29, 1.82) is 0 Å². The van der Waals surface area contributed by atoms with Crippen LogP contribution in [0.25, 0.3) is 0 Å². The molecule has 15 heavy (non-hydrogen) atoms. The van der Waals surface area contributed by atoms with Gasteiger partial charge in [-0.05, 0) is 20.8 Å². The number of carbonyl (C=O) groups excluding carboxylic acids is 2. The van der Waals surface area contributed by atoms with Crippen LogP contribution in [0.15, 0.2) is 0 Å². The molecular formula is C10H17NO4. The average Bonchev–Trinajstić information content (AvgIpc) is 2.07. The van der Waals surface area contributed by atoms with Crippen LogP contribution in [-0.4, -0.2) is 48.7 Å². The molecule has 1 saturated heterocycles. The van der Waals surface area contributed by atoms with Crippen LogP contribution in [0.5, 0.6) is 0 Å². The van der Waals surface area contributed by atoms with Crippen LogP contribution in [-0.2, 0) is 14.3 Å². The zero-order valence-corrected chi connectivity index (χ0v) is 9.57. The summed E-state index contributed by atoms with van der Waals surface area (Å²) in [5, 5.41) is 0. The highest BCUT2D eigenvalue weighted by molar-refractivity contribution is 5.97. The molecule has 1 heterocycles. The zero-order valence-electron chi connectivity index (χ0n) is 9.57. The molecule has 0 aromatic carbocycles. The number of methoxy groups -OCH3 is 1. The first-order valence-electron chi connectivity index (χ1n) is 4.86. The van der Waals surface area contributed by atoms with Gasteiger partial charge in [-0.1, -0.05) is 0 Å². The maximum Gasteiger partial charge on any atom is 0.411 e. The largest absolute Gasteiger partial charge is 0.444 e. The molecule has 1 aliphatic heterocycles. The lowest BCUT2D eigenvalue weighted by Gasteiger charge is -2.39. The number of rotatable bonds is 2. The van der Waals surface area contributed by atoms with Crippen molar-refractivity contribution in [3.63, 3.8) is 0 Å². The predicted octanol–water partition coefficient (Wildman–Crippen LogP) is 0.821. The zero-order chi connectivity index (χ0) is 11.6. The van der Waals surface area contributed by atoms with Gasteiger partial charge in [-0.2, -0.15) is 0 Å². The van der Waals surface area contributed by atoms with Gasteiger partial charge in [-0.25, -0.2) is 4.79 Å². The molecule has 1 fully saturated rings. The second kappa shape index (κ2) is 4.18. The Kier molecular flexibility index (Phi) is 3.34. The second-order valence-electron chi connectivity index (χ2n) is 4.55. The third kappa shape index (κ3) is 2.92. The van der Waals surface area contributed by atoms with Crippen LogP contribution in [0.4, 0.5) is 4.79 Å². The lowest BCUT2D eigenvalue weighted by atomic mass is 10.0. The molecule has 0 saturated carbocycles. The van der Waals surface area contributed by atoms with E-state index in [-0.39, 0.29) is 18.9 Å². The van der Waals surface area contributed by atoms with E-state index in [2.05, 4.69) is 0 Å². The number of nitrogens with zero attached hydrogens (tertiary/aromatic N) is 1. The molecule has 86 valence electrons. The van der Waals surface area contributed by atoms with Crippen LogP contribution < -0.4 is 0 Å². The number of ketones is 1. The van der Waals surface area contributed by atoms with Crippen molar-refractivity contribution in [3.05, 3.63) is 0 Å². The predicted molar refractivity (Wildman–Crippen MR) is 53.6 cm³/mol. The Morgan fingerprint density at radius 2 is 2.13 bits per heavy atom. The summed E-state index contributed by atoms with van der Waals surface area (Å²) in [5.74, 6) is 0.0164. The summed E-state index contributed by atoms with van der Waals surface area (Å²) in [6.45, 7) is 5.73. The molecule has 0 spiro atoms. The highest BCUT2D eigenvalue weighted by Crippen LogP contribution is 2.18. The van der Waals surface area contributed by atoms with E-state index in [1.807, 2.05) is 0 Å². The minimum atomic E-state index is -0.534. The molecule has 0 bridgehead atoms. The number of Topliss-reactive ketones (excluding diaryl/α,β-unsaturated/α-hetero) is 1. The van der Waals surface area contributed by atoms with E-state index in [0.717, 1.165) is 0 Å². The van der Waals surface area contributed by atoms with Crippen LogP contribution in [0.1, 0.15) is 20.8 Å². The van der Waals surface area contributed by atoms with Crippen molar-refractivity contribution in [2.45, 2.75) is 32.4 Å². The number of hydrogen-bond acceptors (Lipinski definition) is 4. The van der Waals surface area contributed by atoms with Gasteiger partial charge in [0.15, 0.2) is 5.78 Å². The van der Waals surface area contributed by atoms with Gasteiger partial charge in [0.05, 0.1) is 13.2 Å². The smallest absolute Gasteiger partial charge is 0.411 e. The summed E-state index contributed by atoms with van der Waals surface area (Å²) in [7, 11) is 1.50. The molecular weight excluding hydrogens is 198 g/mol. The van der Waals surface area contributed by atoms with Gasteiger partial charge in [0, 0.05) is 7.11 Å². The van der Waals surface area contributed by atoms with Gasteiger partial charge in [-0.15, -0.1) is 0 Å². The molecule has 5 heteroatoms. The monoisotopic (exact) mass is 215 g/mol. The van der Waals surface area contributed by atoms with Crippen LogP contribution in [0, 0.1) is 0 Å². The Morgan fingerprint density at radius 1 is 1.53 bits per heavy atom. The van der Waals surface area contributed by atoms with Crippen molar-refractivity contribution < 1.29 is 19.1 Å². The molecule has 0 N–H and O–H groups in total. The van der Waals surface area contributed by atoms with E-state index in [9.17, 15) is 9.59 Å². The van der Waals surface area contributed by atoms with Gasteiger partial charge in [0.25, 0.3) is 0 Å². The summed E-state index contributed by atoms with van der Waals surface area (Å²) in [6, 6.07) is -0.468. The normalized spacial score (nSPS) is 21.2. The first kappa shape index (κ1) is 12.0. The third-order valence-electron chi connectivity index (χ3n) is 2.03. The van der Waals surface area contributed by atoms with Gasteiger partial charge in [0.2, 0.25) is 0 Å². The fourth-order valence-electron chi connectivity index (χ4n) is 1.30.